The van der Waals surface area contributed by atoms with Crippen molar-refractivity contribution >= 4 is 40.6 Å². The highest BCUT2D eigenvalue weighted by Crippen LogP contribution is 2.23. The Kier molecular flexibility index (Phi) is 4.81. The number of aromatic nitrogens is 1. The van der Waals surface area contributed by atoms with E-state index >= 15 is 0 Å². The highest BCUT2D eigenvalue weighted by Gasteiger charge is 2.09. The van der Waals surface area contributed by atoms with Crippen molar-refractivity contribution in [3.8, 4) is 0 Å². The molecule has 7 heteroatoms. The molecule has 1 amide bonds. The van der Waals surface area contributed by atoms with Gasteiger partial charge in [-0.25, -0.2) is 9.37 Å². The number of pyridine rings is 1. The Morgan fingerprint density at radius 1 is 1.45 bits per heavy atom. The molecule has 0 saturated heterocycles. The second-order valence-electron chi connectivity index (χ2n) is 3.86. The SMILES string of the molecule is Nc1cccnc1SCC(=O)Nc1ccc(Cl)cc1F. The first-order chi connectivity index (χ1) is 9.56. The van der Waals surface area contributed by atoms with Gasteiger partial charge in [-0.2, -0.15) is 0 Å². The van der Waals surface area contributed by atoms with Gasteiger partial charge in [-0.3, -0.25) is 4.79 Å². The Morgan fingerprint density at radius 2 is 2.25 bits per heavy atom. The first kappa shape index (κ1) is 14.6. The molecule has 0 spiro atoms. The van der Waals surface area contributed by atoms with Crippen molar-refractivity contribution in [1.82, 2.24) is 4.98 Å². The smallest absolute Gasteiger partial charge is 0.234 e. The maximum absolute atomic E-state index is 13.5. The second kappa shape index (κ2) is 6.58. The molecule has 4 nitrogen and oxygen atoms in total. The molecule has 1 heterocycles. The van der Waals surface area contributed by atoms with Crippen molar-refractivity contribution in [3.05, 3.63) is 47.4 Å². The van der Waals surface area contributed by atoms with Crippen LogP contribution in [0.15, 0.2) is 41.6 Å². The van der Waals surface area contributed by atoms with Gasteiger partial charge in [-0.15, -0.1) is 0 Å². The third-order valence-corrected chi connectivity index (χ3v) is 3.60. The molecule has 3 N–H and O–H groups in total. The molecular formula is C13H11ClFN3OS. The van der Waals surface area contributed by atoms with Crippen LogP contribution in [0.4, 0.5) is 15.8 Å². The predicted molar refractivity (Wildman–Crippen MR) is 79.4 cm³/mol. The fourth-order valence-corrected chi connectivity index (χ4v) is 2.30. The molecule has 0 unspecified atom stereocenters. The van der Waals surface area contributed by atoms with Crippen LogP contribution in [-0.4, -0.2) is 16.6 Å². The maximum Gasteiger partial charge on any atom is 0.234 e. The zero-order chi connectivity index (χ0) is 14.5. The van der Waals surface area contributed by atoms with E-state index in [0.717, 1.165) is 6.07 Å². The summed E-state index contributed by atoms with van der Waals surface area (Å²) in [5, 5.41) is 3.31. The second-order valence-corrected chi connectivity index (χ2v) is 5.26. The van der Waals surface area contributed by atoms with Crippen LogP contribution in [0.3, 0.4) is 0 Å². The molecule has 0 aliphatic heterocycles. The molecule has 0 atom stereocenters. The zero-order valence-corrected chi connectivity index (χ0v) is 11.8. The number of carbonyl (C=O) groups excluding carboxylic acids is 1. The Hall–Kier alpha value is -1.79. The number of halogens is 2. The van der Waals surface area contributed by atoms with E-state index in [-0.39, 0.29) is 22.4 Å². The summed E-state index contributed by atoms with van der Waals surface area (Å²) in [4.78, 5) is 15.8. The van der Waals surface area contributed by atoms with Crippen LogP contribution in [0.2, 0.25) is 5.02 Å². The molecule has 0 aliphatic carbocycles. The number of rotatable bonds is 4. The molecule has 0 saturated carbocycles. The first-order valence-corrected chi connectivity index (χ1v) is 7.01. The minimum Gasteiger partial charge on any atom is -0.397 e. The van der Waals surface area contributed by atoms with Crippen molar-refractivity contribution in [2.24, 2.45) is 0 Å². The molecule has 2 rings (SSSR count). The molecule has 20 heavy (non-hydrogen) atoms. The zero-order valence-electron chi connectivity index (χ0n) is 10.3. The van der Waals surface area contributed by atoms with Gasteiger partial charge in [0, 0.05) is 11.2 Å². The van der Waals surface area contributed by atoms with Crippen LogP contribution in [0.1, 0.15) is 0 Å². The van der Waals surface area contributed by atoms with E-state index in [4.69, 9.17) is 17.3 Å². The molecule has 0 fully saturated rings. The monoisotopic (exact) mass is 311 g/mol. The Bertz CT molecular complexity index is 639. The first-order valence-electron chi connectivity index (χ1n) is 5.64. The van der Waals surface area contributed by atoms with Gasteiger partial charge < -0.3 is 11.1 Å². The summed E-state index contributed by atoms with van der Waals surface area (Å²) in [5.41, 5.74) is 6.30. The number of nitrogens with zero attached hydrogens (tertiary/aromatic N) is 1. The van der Waals surface area contributed by atoms with E-state index in [9.17, 15) is 9.18 Å². The summed E-state index contributed by atoms with van der Waals surface area (Å²) >= 11 is 6.82. The average molecular weight is 312 g/mol. The van der Waals surface area contributed by atoms with Gasteiger partial charge in [-0.1, -0.05) is 23.4 Å². The summed E-state index contributed by atoms with van der Waals surface area (Å²) in [6.45, 7) is 0. The van der Waals surface area contributed by atoms with E-state index in [1.54, 1.807) is 18.3 Å². The Labute approximate surface area is 124 Å². The number of benzene rings is 1. The number of nitrogens with one attached hydrogen (secondary N) is 1. The summed E-state index contributed by atoms with van der Waals surface area (Å²) in [6, 6.07) is 7.47. The van der Waals surface area contributed by atoms with Crippen LogP contribution in [0, 0.1) is 5.82 Å². The lowest BCUT2D eigenvalue weighted by Gasteiger charge is -2.07. The van der Waals surface area contributed by atoms with Crippen molar-refractivity contribution in [3.63, 3.8) is 0 Å². The number of anilines is 2. The van der Waals surface area contributed by atoms with Crippen molar-refractivity contribution in [1.29, 1.82) is 0 Å². The number of thioether (sulfide) groups is 1. The van der Waals surface area contributed by atoms with Gasteiger partial charge in [0.15, 0.2) is 0 Å². The quantitative estimate of drug-likeness (QED) is 0.851. The number of nitrogens with two attached hydrogens (primary N) is 1. The van der Waals surface area contributed by atoms with E-state index in [2.05, 4.69) is 10.3 Å². The molecular weight excluding hydrogens is 301 g/mol. The Balaban J connectivity index is 1.94. The predicted octanol–water partition coefficient (Wildman–Crippen LogP) is 3.19. The van der Waals surface area contributed by atoms with E-state index < -0.39 is 5.82 Å². The Morgan fingerprint density at radius 3 is 2.95 bits per heavy atom. The molecule has 0 aliphatic rings. The van der Waals surface area contributed by atoms with Gasteiger partial charge in [0.2, 0.25) is 5.91 Å². The molecule has 2 aromatic rings. The van der Waals surface area contributed by atoms with Crippen LogP contribution < -0.4 is 11.1 Å². The highest BCUT2D eigenvalue weighted by molar-refractivity contribution is 8.00. The summed E-state index contributed by atoms with van der Waals surface area (Å²) in [7, 11) is 0. The fraction of sp³-hybridized carbons (Fsp3) is 0.0769. The highest BCUT2D eigenvalue weighted by atomic mass is 35.5. The third-order valence-electron chi connectivity index (χ3n) is 2.35. The van der Waals surface area contributed by atoms with Crippen molar-refractivity contribution < 1.29 is 9.18 Å². The number of carbonyl (C=O) groups is 1. The maximum atomic E-state index is 13.5. The summed E-state index contributed by atoms with van der Waals surface area (Å²) in [6.07, 6.45) is 1.59. The largest absolute Gasteiger partial charge is 0.397 e. The van der Waals surface area contributed by atoms with Gasteiger partial charge in [-0.05, 0) is 30.3 Å². The van der Waals surface area contributed by atoms with Gasteiger partial charge in [0.05, 0.1) is 17.1 Å². The third kappa shape index (κ3) is 3.85. The van der Waals surface area contributed by atoms with Crippen LogP contribution in [-0.2, 0) is 4.79 Å². The van der Waals surface area contributed by atoms with Crippen molar-refractivity contribution in [2.75, 3.05) is 16.8 Å². The molecule has 0 bridgehead atoms. The van der Waals surface area contributed by atoms with Crippen molar-refractivity contribution in [2.45, 2.75) is 5.03 Å². The number of hydrogen-bond donors (Lipinski definition) is 2. The van der Waals surface area contributed by atoms with E-state index in [1.165, 1.54) is 23.9 Å². The fourth-order valence-electron chi connectivity index (χ4n) is 1.43. The van der Waals surface area contributed by atoms with E-state index in [1.807, 2.05) is 0 Å². The molecule has 0 radical (unpaired) electrons. The molecule has 1 aromatic heterocycles. The average Bonchev–Trinajstić information content (AvgIpc) is 2.41. The normalized spacial score (nSPS) is 10.3. The number of nitrogen functional groups attached to an aromatic ring is 1. The minimum absolute atomic E-state index is 0.0866. The summed E-state index contributed by atoms with van der Waals surface area (Å²) < 4.78 is 13.5. The standard InChI is InChI=1S/C13H11ClFN3OS/c14-8-3-4-11(9(15)6-8)18-12(19)7-20-13-10(16)2-1-5-17-13/h1-6H,7,16H2,(H,18,19). The minimum atomic E-state index is -0.576. The lowest BCUT2D eigenvalue weighted by Crippen LogP contribution is -2.15. The molecule has 104 valence electrons. The summed E-state index contributed by atoms with van der Waals surface area (Å²) in [5.74, 6) is -0.835. The van der Waals surface area contributed by atoms with Gasteiger partial charge in [0.25, 0.3) is 0 Å². The molecule has 1 aromatic carbocycles. The lowest BCUT2D eigenvalue weighted by molar-refractivity contribution is -0.113. The number of hydrogen-bond acceptors (Lipinski definition) is 4. The van der Waals surface area contributed by atoms with Gasteiger partial charge in [0.1, 0.15) is 10.8 Å². The van der Waals surface area contributed by atoms with Gasteiger partial charge >= 0.3 is 0 Å². The topological polar surface area (TPSA) is 68.0 Å². The van der Waals surface area contributed by atoms with Crippen LogP contribution in [0.5, 0.6) is 0 Å². The van der Waals surface area contributed by atoms with Crippen LogP contribution >= 0.6 is 23.4 Å². The lowest BCUT2D eigenvalue weighted by atomic mass is 10.3. The number of amides is 1. The van der Waals surface area contributed by atoms with E-state index in [0.29, 0.717) is 10.7 Å². The van der Waals surface area contributed by atoms with Crippen LogP contribution in [0.25, 0.3) is 0 Å².